The van der Waals surface area contributed by atoms with Crippen LogP contribution in [0.1, 0.15) is 51.6 Å². The minimum Gasteiger partial charge on any atom is -0.381 e. The molecule has 0 spiro atoms. The molecule has 0 bridgehead atoms. The molecule has 1 heterocycles. The molecule has 21 heavy (non-hydrogen) atoms. The van der Waals surface area contributed by atoms with E-state index in [0.717, 1.165) is 23.2 Å². The Kier molecular flexibility index (Phi) is 6.31. The monoisotopic (exact) mass is 310 g/mol. The number of methoxy groups -OCH3 is 1. The molecular formula is C17H27ClN2O. The summed E-state index contributed by atoms with van der Waals surface area (Å²) in [6.07, 6.45) is 8.19. The molecule has 0 aliphatic heterocycles. The van der Waals surface area contributed by atoms with Crippen LogP contribution in [0.15, 0.2) is 12.3 Å². The summed E-state index contributed by atoms with van der Waals surface area (Å²) in [5.74, 6) is 1.74. The van der Waals surface area contributed by atoms with Crippen LogP contribution >= 0.6 is 11.6 Å². The molecule has 1 aliphatic rings. The zero-order valence-electron chi connectivity index (χ0n) is 13.4. The van der Waals surface area contributed by atoms with Gasteiger partial charge < -0.3 is 10.1 Å². The summed E-state index contributed by atoms with van der Waals surface area (Å²) < 4.78 is 5.13. The SMILES string of the molecule is CCC(C)[C@H]1CC[C@@H](Nc2ccnc(COC)c2Cl)CC1. The lowest BCUT2D eigenvalue weighted by Crippen LogP contribution is -2.28. The first kappa shape index (κ1) is 16.6. The van der Waals surface area contributed by atoms with Crippen molar-refractivity contribution in [3.8, 4) is 0 Å². The third-order valence-corrected chi connectivity index (χ3v) is 5.24. The lowest BCUT2D eigenvalue weighted by molar-refractivity contribution is 0.181. The van der Waals surface area contributed by atoms with Gasteiger partial charge in [-0.05, 0) is 43.6 Å². The number of ether oxygens (including phenoxy) is 1. The van der Waals surface area contributed by atoms with Crippen molar-refractivity contribution in [3.05, 3.63) is 23.0 Å². The van der Waals surface area contributed by atoms with E-state index in [-0.39, 0.29) is 0 Å². The van der Waals surface area contributed by atoms with Crippen LogP contribution in [0.3, 0.4) is 0 Å². The van der Waals surface area contributed by atoms with E-state index in [1.165, 1.54) is 32.1 Å². The summed E-state index contributed by atoms with van der Waals surface area (Å²) in [7, 11) is 1.66. The van der Waals surface area contributed by atoms with Crippen LogP contribution in [0.5, 0.6) is 0 Å². The normalized spacial score (nSPS) is 23.8. The zero-order chi connectivity index (χ0) is 15.2. The lowest BCUT2D eigenvalue weighted by Gasteiger charge is -2.33. The van der Waals surface area contributed by atoms with Gasteiger partial charge in [0.2, 0.25) is 0 Å². The molecule has 3 nitrogen and oxygen atoms in total. The molecule has 2 rings (SSSR count). The molecule has 1 fully saturated rings. The summed E-state index contributed by atoms with van der Waals surface area (Å²) in [6, 6.07) is 2.49. The van der Waals surface area contributed by atoms with Crippen molar-refractivity contribution in [2.45, 2.75) is 58.6 Å². The van der Waals surface area contributed by atoms with Gasteiger partial charge in [0.1, 0.15) is 0 Å². The first-order chi connectivity index (χ1) is 10.2. The van der Waals surface area contributed by atoms with Crippen molar-refractivity contribution in [2.24, 2.45) is 11.8 Å². The standard InChI is InChI=1S/C17H27ClN2O/c1-4-12(2)13-5-7-14(8-6-13)20-15-9-10-19-16(11-21-3)17(15)18/h9-10,12-14H,4-8,11H2,1-3H3,(H,19,20)/t12?,13-,14+. The van der Waals surface area contributed by atoms with Crippen molar-refractivity contribution in [3.63, 3.8) is 0 Å². The third kappa shape index (κ3) is 4.33. The maximum Gasteiger partial charge on any atom is 0.0900 e. The van der Waals surface area contributed by atoms with Gasteiger partial charge >= 0.3 is 0 Å². The van der Waals surface area contributed by atoms with Crippen molar-refractivity contribution in [1.29, 1.82) is 0 Å². The van der Waals surface area contributed by atoms with E-state index in [4.69, 9.17) is 16.3 Å². The van der Waals surface area contributed by atoms with E-state index in [1.54, 1.807) is 13.3 Å². The highest BCUT2D eigenvalue weighted by Crippen LogP contribution is 2.34. The Balaban J connectivity index is 1.93. The number of nitrogens with zero attached hydrogens (tertiary/aromatic N) is 1. The van der Waals surface area contributed by atoms with Gasteiger partial charge in [0.15, 0.2) is 0 Å². The van der Waals surface area contributed by atoms with Gasteiger partial charge in [-0.25, -0.2) is 0 Å². The maximum atomic E-state index is 6.40. The Labute approximate surface area is 133 Å². The second kappa shape index (κ2) is 8.00. The average Bonchev–Trinajstić information content (AvgIpc) is 2.51. The Morgan fingerprint density at radius 1 is 1.38 bits per heavy atom. The highest BCUT2D eigenvalue weighted by molar-refractivity contribution is 6.33. The minimum absolute atomic E-state index is 0.453. The molecule has 0 saturated heterocycles. The van der Waals surface area contributed by atoms with Crippen molar-refractivity contribution in [2.75, 3.05) is 12.4 Å². The highest BCUT2D eigenvalue weighted by Gasteiger charge is 2.24. The quantitative estimate of drug-likeness (QED) is 0.811. The molecule has 0 radical (unpaired) electrons. The molecule has 0 amide bonds. The number of halogens is 1. The number of aromatic nitrogens is 1. The van der Waals surface area contributed by atoms with Gasteiger partial charge in [-0.15, -0.1) is 0 Å². The smallest absolute Gasteiger partial charge is 0.0900 e. The van der Waals surface area contributed by atoms with Crippen molar-refractivity contribution >= 4 is 17.3 Å². The molecule has 1 atom stereocenters. The van der Waals surface area contributed by atoms with Crippen LogP contribution in [0.25, 0.3) is 0 Å². The Hall–Kier alpha value is -0.800. The molecular weight excluding hydrogens is 284 g/mol. The Morgan fingerprint density at radius 3 is 2.71 bits per heavy atom. The summed E-state index contributed by atoms with van der Waals surface area (Å²) >= 11 is 6.40. The summed E-state index contributed by atoms with van der Waals surface area (Å²) in [4.78, 5) is 4.27. The number of nitrogens with one attached hydrogen (secondary N) is 1. The van der Waals surface area contributed by atoms with Crippen LogP contribution in [0.2, 0.25) is 5.02 Å². The van der Waals surface area contributed by atoms with Crippen LogP contribution < -0.4 is 5.32 Å². The van der Waals surface area contributed by atoms with Gasteiger partial charge in [0.25, 0.3) is 0 Å². The van der Waals surface area contributed by atoms with Crippen LogP contribution in [0.4, 0.5) is 5.69 Å². The summed E-state index contributed by atoms with van der Waals surface area (Å²) in [6.45, 7) is 5.13. The van der Waals surface area contributed by atoms with E-state index in [0.29, 0.717) is 17.7 Å². The van der Waals surface area contributed by atoms with Gasteiger partial charge in [-0.1, -0.05) is 31.9 Å². The molecule has 4 heteroatoms. The second-order valence-electron chi connectivity index (χ2n) is 6.19. The van der Waals surface area contributed by atoms with Crippen molar-refractivity contribution in [1.82, 2.24) is 4.98 Å². The summed E-state index contributed by atoms with van der Waals surface area (Å²) in [5.41, 5.74) is 1.79. The van der Waals surface area contributed by atoms with E-state index >= 15 is 0 Å². The van der Waals surface area contributed by atoms with Gasteiger partial charge in [-0.2, -0.15) is 0 Å². The fraction of sp³-hybridized carbons (Fsp3) is 0.706. The molecule has 1 saturated carbocycles. The van der Waals surface area contributed by atoms with E-state index in [9.17, 15) is 0 Å². The van der Waals surface area contributed by atoms with E-state index in [1.807, 2.05) is 6.07 Å². The predicted octanol–water partition coefficient (Wildman–Crippen LogP) is 4.90. The fourth-order valence-electron chi connectivity index (χ4n) is 3.22. The Bertz CT molecular complexity index is 444. The number of hydrogen-bond acceptors (Lipinski definition) is 3. The molecule has 118 valence electrons. The van der Waals surface area contributed by atoms with Crippen LogP contribution in [0, 0.1) is 11.8 Å². The number of rotatable bonds is 6. The average molecular weight is 311 g/mol. The van der Waals surface area contributed by atoms with Crippen molar-refractivity contribution < 1.29 is 4.74 Å². The van der Waals surface area contributed by atoms with E-state index in [2.05, 4.69) is 24.1 Å². The number of anilines is 1. The lowest BCUT2D eigenvalue weighted by atomic mass is 9.78. The molecule has 1 unspecified atom stereocenters. The predicted molar refractivity (Wildman–Crippen MR) is 88.8 cm³/mol. The number of hydrogen-bond donors (Lipinski definition) is 1. The molecule has 0 aromatic carbocycles. The topological polar surface area (TPSA) is 34.2 Å². The third-order valence-electron chi connectivity index (χ3n) is 4.82. The second-order valence-corrected chi connectivity index (χ2v) is 6.57. The summed E-state index contributed by atoms with van der Waals surface area (Å²) in [5, 5.41) is 4.30. The largest absolute Gasteiger partial charge is 0.381 e. The van der Waals surface area contributed by atoms with Gasteiger partial charge in [-0.3, -0.25) is 4.98 Å². The number of pyridine rings is 1. The van der Waals surface area contributed by atoms with Gasteiger partial charge in [0.05, 0.1) is 23.0 Å². The van der Waals surface area contributed by atoms with Crippen LogP contribution in [-0.2, 0) is 11.3 Å². The zero-order valence-corrected chi connectivity index (χ0v) is 14.1. The highest BCUT2D eigenvalue weighted by atomic mass is 35.5. The first-order valence-corrected chi connectivity index (χ1v) is 8.42. The van der Waals surface area contributed by atoms with Gasteiger partial charge in [0, 0.05) is 19.3 Å². The molecule has 1 aromatic rings. The molecule has 1 aromatic heterocycles. The molecule has 1 N–H and O–H groups in total. The Morgan fingerprint density at radius 2 is 2.10 bits per heavy atom. The fourth-order valence-corrected chi connectivity index (χ4v) is 3.44. The molecule has 1 aliphatic carbocycles. The first-order valence-electron chi connectivity index (χ1n) is 8.04. The minimum atomic E-state index is 0.453. The maximum absolute atomic E-state index is 6.40. The van der Waals surface area contributed by atoms with Crippen LogP contribution in [-0.4, -0.2) is 18.1 Å². The van der Waals surface area contributed by atoms with E-state index < -0.39 is 0 Å².